The molecule has 3 fully saturated rings. The predicted octanol–water partition coefficient (Wildman–Crippen LogP) is 0.841. The molecule has 1 heteroatoms. The summed E-state index contributed by atoms with van der Waals surface area (Å²) >= 11 is 0. The molecule has 0 N–H and O–H groups in total. The fourth-order valence-electron chi connectivity index (χ4n) is 2.75. The molecule has 3 aliphatic rings. The zero-order valence-corrected chi connectivity index (χ0v) is 4.63. The third-order valence-corrected chi connectivity index (χ3v) is 3.20. The smallest absolute Gasteiger partial charge is 0.139 e. The number of rotatable bonds is 0. The Morgan fingerprint density at radius 3 is 2.50 bits per heavy atom. The van der Waals surface area contributed by atoms with E-state index in [1.165, 1.54) is 12.8 Å². The molecule has 3 rings (SSSR count). The van der Waals surface area contributed by atoms with E-state index in [-0.39, 0.29) is 0 Å². The van der Waals surface area contributed by atoms with E-state index in [1.807, 2.05) is 0 Å². The van der Waals surface area contributed by atoms with E-state index in [0.717, 1.165) is 11.8 Å². The molecular formula is C7H8O. The predicted molar refractivity (Wildman–Crippen MR) is 28.2 cm³/mol. The second kappa shape index (κ2) is 0.772. The van der Waals surface area contributed by atoms with Crippen molar-refractivity contribution >= 4 is 5.78 Å². The van der Waals surface area contributed by atoms with Crippen LogP contribution in [0.2, 0.25) is 0 Å². The molecule has 8 heavy (non-hydrogen) atoms. The molecule has 3 aliphatic carbocycles. The van der Waals surface area contributed by atoms with Gasteiger partial charge < -0.3 is 0 Å². The van der Waals surface area contributed by atoms with Crippen LogP contribution in [0.3, 0.4) is 0 Å². The van der Waals surface area contributed by atoms with Crippen LogP contribution in [0.15, 0.2) is 0 Å². The fourth-order valence-corrected chi connectivity index (χ4v) is 2.75. The second-order valence-corrected chi connectivity index (χ2v) is 3.35. The highest BCUT2D eigenvalue weighted by atomic mass is 16.1. The first-order valence-electron chi connectivity index (χ1n) is 3.43. The molecule has 0 heterocycles. The fraction of sp³-hybridized carbons (Fsp3) is 0.857. The first-order chi connectivity index (χ1) is 3.89. The summed E-state index contributed by atoms with van der Waals surface area (Å²) in [6.45, 7) is 0. The molecule has 4 atom stereocenters. The lowest BCUT2D eigenvalue weighted by Gasteiger charge is -2.21. The van der Waals surface area contributed by atoms with Crippen molar-refractivity contribution in [1.29, 1.82) is 0 Å². The summed E-state index contributed by atoms with van der Waals surface area (Å²) in [6.07, 6.45) is 2.59. The molecule has 0 saturated heterocycles. The van der Waals surface area contributed by atoms with Crippen LogP contribution in [0.5, 0.6) is 0 Å². The minimum atomic E-state index is 0.560. The van der Waals surface area contributed by atoms with Crippen LogP contribution in [0.25, 0.3) is 0 Å². The molecule has 0 spiro atoms. The maximum atomic E-state index is 10.9. The summed E-state index contributed by atoms with van der Waals surface area (Å²) in [7, 11) is 0. The van der Waals surface area contributed by atoms with E-state index in [4.69, 9.17) is 0 Å². The van der Waals surface area contributed by atoms with E-state index < -0.39 is 0 Å². The van der Waals surface area contributed by atoms with Gasteiger partial charge in [-0.3, -0.25) is 4.79 Å². The van der Waals surface area contributed by atoms with Crippen molar-refractivity contribution in [3.63, 3.8) is 0 Å². The Kier molecular flexibility index (Phi) is 0.352. The monoisotopic (exact) mass is 108 g/mol. The third-order valence-electron chi connectivity index (χ3n) is 3.20. The van der Waals surface area contributed by atoms with Gasteiger partial charge in [0.15, 0.2) is 0 Å². The van der Waals surface area contributed by atoms with Crippen LogP contribution in [0.4, 0.5) is 0 Å². The molecule has 0 radical (unpaired) electrons. The van der Waals surface area contributed by atoms with E-state index in [2.05, 4.69) is 0 Å². The first-order valence-corrected chi connectivity index (χ1v) is 3.43. The number of hydrogen-bond acceptors (Lipinski definition) is 1. The third kappa shape index (κ3) is 0.174. The lowest BCUT2D eigenvalue weighted by molar-refractivity contribution is -0.131. The van der Waals surface area contributed by atoms with Gasteiger partial charge in [-0.25, -0.2) is 0 Å². The standard InChI is InChI=1S/C7H8O/c8-7-4-2-1-3-5(4)6(3)7/h3-6H,1-2H2. The molecule has 0 aromatic carbocycles. The van der Waals surface area contributed by atoms with Gasteiger partial charge in [-0.1, -0.05) is 0 Å². The molecule has 1 nitrogen and oxygen atoms in total. The number of Topliss-reactive ketones (excluding diaryl/α,β-unsaturated/α-hetero) is 1. The van der Waals surface area contributed by atoms with Crippen molar-refractivity contribution in [3.8, 4) is 0 Å². The van der Waals surface area contributed by atoms with E-state index >= 15 is 0 Å². The van der Waals surface area contributed by atoms with Crippen LogP contribution >= 0.6 is 0 Å². The van der Waals surface area contributed by atoms with Crippen LogP contribution in [0, 0.1) is 23.7 Å². The summed E-state index contributed by atoms with van der Waals surface area (Å²) in [6, 6.07) is 0. The zero-order chi connectivity index (χ0) is 5.30. The molecule has 0 amide bonds. The van der Waals surface area contributed by atoms with Crippen LogP contribution in [-0.2, 0) is 4.79 Å². The maximum absolute atomic E-state index is 10.9. The molecule has 0 aromatic rings. The van der Waals surface area contributed by atoms with Crippen LogP contribution in [-0.4, -0.2) is 5.78 Å². The summed E-state index contributed by atoms with van der Waals surface area (Å²) in [5, 5.41) is 0. The molecule has 0 aliphatic heterocycles. The summed E-state index contributed by atoms with van der Waals surface area (Å²) < 4.78 is 0. The lowest BCUT2D eigenvalue weighted by Crippen LogP contribution is -2.29. The molecule has 0 bridgehead atoms. The van der Waals surface area contributed by atoms with Gasteiger partial charge in [-0.2, -0.15) is 0 Å². The highest BCUT2D eigenvalue weighted by Crippen LogP contribution is 2.70. The average Bonchev–Trinajstić information content (AvgIpc) is 2.30. The number of fused-ring (bicyclic) bond motifs is 1. The average molecular weight is 108 g/mol. The Bertz CT molecular complexity index is 169. The van der Waals surface area contributed by atoms with Crippen LogP contribution < -0.4 is 0 Å². The van der Waals surface area contributed by atoms with Gasteiger partial charge >= 0.3 is 0 Å². The number of carbonyl (C=O) groups excluding carboxylic acids is 1. The van der Waals surface area contributed by atoms with E-state index in [1.54, 1.807) is 0 Å². The first kappa shape index (κ1) is 3.65. The van der Waals surface area contributed by atoms with Gasteiger partial charge in [-0.15, -0.1) is 0 Å². The van der Waals surface area contributed by atoms with E-state index in [9.17, 15) is 4.79 Å². The number of hydrogen-bond donors (Lipinski definition) is 0. The SMILES string of the molecule is O=C1C2CCC3C1C23. The maximum Gasteiger partial charge on any atom is 0.139 e. The van der Waals surface area contributed by atoms with Gasteiger partial charge in [0.2, 0.25) is 0 Å². The molecule has 4 unspecified atom stereocenters. The lowest BCUT2D eigenvalue weighted by atomic mass is 9.81. The second-order valence-electron chi connectivity index (χ2n) is 3.35. The normalized spacial score (nSPS) is 64.8. The van der Waals surface area contributed by atoms with Crippen molar-refractivity contribution in [3.05, 3.63) is 0 Å². The van der Waals surface area contributed by atoms with Gasteiger partial charge in [0.05, 0.1) is 0 Å². The Morgan fingerprint density at radius 1 is 1.38 bits per heavy atom. The Labute approximate surface area is 48.1 Å². The topological polar surface area (TPSA) is 17.1 Å². The van der Waals surface area contributed by atoms with Gasteiger partial charge in [0.25, 0.3) is 0 Å². The Balaban J connectivity index is 2.10. The van der Waals surface area contributed by atoms with Crippen molar-refractivity contribution in [2.75, 3.05) is 0 Å². The van der Waals surface area contributed by atoms with E-state index in [0.29, 0.717) is 17.6 Å². The molecule has 42 valence electrons. The van der Waals surface area contributed by atoms with Crippen molar-refractivity contribution in [2.45, 2.75) is 12.8 Å². The highest BCUT2D eigenvalue weighted by Gasteiger charge is 2.72. The van der Waals surface area contributed by atoms with Crippen molar-refractivity contribution in [2.24, 2.45) is 23.7 Å². The van der Waals surface area contributed by atoms with Crippen molar-refractivity contribution < 1.29 is 4.79 Å². The number of ketones is 1. The summed E-state index contributed by atoms with van der Waals surface area (Å²) in [5.74, 6) is 3.54. The quantitative estimate of drug-likeness (QED) is 0.449. The molecule has 0 aromatic heterocycles. The minimum Gasteiger partial charge on any atom is -0.299 e. The zero-order valence-electron chi connectivity index (χ0n) is 4.63. The molecule has 3 saturated carbocycles. The Hall–Kier alpha value is -0.330. The van der Waals surface area contributed by atoms with Gasteiger partial charge in [0.1, 0.15) is 5.78 Å². The number of carbonyl (C=O) groups is 1. The summed E-state index contributed by atoms with van der Waals surface area (Å²) in [5.41, 5.74) is 0. The summed E-state index contributed by atoms with van der Waals surface area (Å²) in [4.78, 5) is 10.9. The van der Waals surface area contributed by atoms with Crippen LogP contribution in [0.1, 0.15) is 12.8 Å². The van der Waals surface area contributed by atoms with Gasteiger partial charge in [-0.05, 0) is 24.7 Å². The highest BCUT2D eigenvalue weighted by molar-refractivity contribution is 5.96. The largest absolute Gasteiger partial charge is 0.299 e. The van der Waals surface area contributed by atoms with Gasteiger partial charge in [0, 0.05) is 11.8 Å². The minimum absolute atomic E-state index is 0.560. The van der Waals surface area contributed by atoms with Crippen molar-refractivity contribution in [1.82, 2.24) is 0 Å². The Morgan fingerprint density at radius 2 is 2.25 bits per heavy atom. The molecular weight excluding hydrogens is 100 g/mol.